The highest BCUT2D eigenvalue weighted by Gasteiger charge is 2.12. The van der Waals surface area contributed by atoms with E-state index in [1.807, 2.05) is 0 Å². The number of amides is 1. The fraction of sp³-hybridized carbons (Fsp3) is 0.200. The van der Waals surface area contributed by atoms with E-state index in [0.717, 1.165) is 9.04 Å². The number of nitrogens with zero attached hydrogens (tertiary/aromatic N) is 5. The first-order valence-electron chi connectivity index (χ1n) is 9.26. The van der Waals surface area contributed by atoms with Gasteiger partial charge in [-0.3, -0.25) is 28.1 Å². The zero-order valence-corrected chi connectivity index (χ0v) is 18.2. The van der Waals surface area contributed by atoms with Crippen molar-refractivity contribution in [2.75, 3.05) is 5.32 Å². The molecule has 0 spiro atoms. The molecule has 1 aromatic carbocycles. The summed E-state index contributed by atoms with van der Waals surface area (Å²) in [6, 6.07) is 6.71. The number of anilines is 1. The van der Waals surface area contributed by atoms with E-state index in [-0.39, 0.29) is 35.5 Å². The summed E-state index contributed by atoms with van der Waals surface area (Å²) in [5.41, 5.74) is -0.0971. The van der Waals surface area contributed by atoms with Crippen molar-refractivity contribution >= 4 is 49.5 Å². The lowest BCUT2D eigenvalue weighted by Crippen LogP contribution is -2.37. The Morgan fingerprint density at radius 3 is 2.58 bits per heavy atom. The number of halogens is 1. The smallest absolute Gasteiger partial charge is 0.325 e. The van der Waals surface area contributed by atoms with Crippen LogP contribution in [0.4, 0.5) is 5.69 Å². The van der Waals surface area contributed by atoms with Crippen LogP contribution in [0.15, 0.2) is 55.6 Å². The van der Waals surface area contributed by atoms with Crippen molar-refractivity contribution in [3.05, 3.63) is 72.5 Å². The zero-order valence-electron chi connectivity index (χ0n) is 16.6. The summed E-state index contributed by atoms with van der Waals surface area (Å²) >= 11 is 3.34. The van der Waals surface area contributed by atoms with E-state index < -0.39 is 11.2 Å². The lowest BCUT2D eigenvalue weighted by molar-refractivity contribution is -0.116. The van der Waals surface area contributed by atoms with Crippen LogP contribution in [0, 0.1) is 0 Å². The van der Waals surface area contributed by atoms with Crippen LogP contribution < -0.4 is 22.1 Å². The Kier molecular flexibility index (Phi) is 5.27. The van der Waals surface area contributed by atoms with E-state index in [2.05, 4.69) is 31.2 Å². The standard InChI is InChI=1S/C20H17BrN6O4/c1-25-17-14(18(29)26(2)20(25)31)8-12(9-22-17)24-16(28)5-6-27-10-23-15-4-3-11(21)7-13(15)19(27)30/h3-4,7-10H,5-6H2,1-2H3,(H,24,28). The second-order valence-corrected chi connectivity index (χ2v) is 7.92. The van der Waals surface area contributed by atoms with Crippen molar-refractivity contribution in [2.24, 2.45) is 14.1 Å². The van der Waals surface area contributed by atoms with Gasteiger partial charge in [-0.1, -0.05) is 15.9 Å². The second-order valence-electron chi connectivity index (χ2n) is 7.00. The Morgan fingerprint density at radius 2 is 1.81 bits per heavy atom. The summed E-state index contributed by atoms with van der Waals surface area (Å²) < 4.78 is 4.38. The third-order valence-electron chi connectivity index (χ3n) is 4.94. The number of benzene rings is 1. The number of aryl methyl sites for hydroxylation is 2. The Balaban J connectivity index is 1.54. The monoisotopic (exact) mass is 484 g/mol. The summed E-state index contributed by atoms with van der Waals surface area (Å²) in [7, 11) is 2.90. The Bertz CT molecular complexity index is 1540. The largest absolute Gasteiger partial charge is 0.332 e. The average molecular weight is 485 g/mol. The van der Waals surface area contributed by atoms with Crippen LogP contribution in [-0.4, -0.2) is 29.6 Å². The van der Waals surface area contributed by atoms with E-state index in [0.29, 0.717) is 16.6 Å². The van der Waals surface area contributed by atoms with Gasteiger partial charge in [0.15, 0.2) is 0 Å². The normalized spacial score (nSPS) is 11.2. The predicted molar refractivity (Wildman–Crippen MR) is 119 cm³/mol. The number of nitrogens with one attached hydrogen (secondary N) is 1. The van der Waals surface area contributed by atoms with Gasteiger partial charge in [-0.2, -0.15) is 0 Å². The molecule has 0 unspecified atom stereocenters. The molecule has 0 bridgehead atoms. The SMILES string of the molecule is Cn1c(=O)c2cc(NC(=O)CCn3cnc4ccc(Br)cc4c3=O)cnc2n(C)c1=O. The number of carbonyl (C=O) groups is 1. The minimum absolute atomic E-state index is 0.0183. The molecule has 11 heteroatoms. The average Bonchev–Trinajstić information content (AvgIpc) is 2.76. The van der Waals surface area contributed by atoms with Crippen molar-refractivity contribution in [1.82, 2.24) is 23.7 Å². The van der Waals surface area contributed by atoms with Gasteiger partial charge in [-0.05, 0) is 24.3 Å². The van der Waals surface area contributed by atoms with Crippen LogP contribution in [0.25, 0.3) is 21.9 Å². The molecular weight excluding hydrogens is 468 g/mol. The van der Waals surface area contributed by atoms with Crippen molar-refractivity contribution < 1.29 is 4.79 Å². The van der Waals surface area contributed by atoms with Gasteiger partial charge in [0.25, 0.3) is 11.1 Å². The molecule has 0 saturated carbocycles. The number of hydrogen-bond acceptors (Lipinski definition) is 6. The fourth-order valence-corrected chi connectivity index (χ4v) is 3.63. The van der Waals surface area contributed by atoms with E-state index in [4.69, 9.17) is 0 Å². The van der Waals surface area contributed by atoms with Gasteiger partial charge < -0.3 is 5.32 Å². The van der Waals surface area contributed by atoms with E-state index in [9.17, 15) is 19.2 Å². The molecule has 0 saturated heterocycles. The van der Waals surface area contributed by atoms with Crippen LogP contribution in [-0.2, 0) is 25.4 Å². The third kappa shape index (κ3) is 3.79. The quantitative estimate of drug-likeness (QED) is 0.463. The molecule has 4 aromatic rings. The topological polar surface area (TPSA) is 121 Å². The first kappa shape index (κ1) is 20.7. The molecule has 158 valence electrons. The van der Waals surface area contributed by atoms with Gasteiger partial charge in [0.05, 0.1) is 34.5 Å². The van der Waals surface area contributed by atoms with Crippen LogP contribution in [0.2, 0.25) is 0 Å². The molecule has 3 heterocycles. The lowest BCUT2D eigenvalue weighted by Gasteiger charge is -2.10. The lowest BCUT2D eigenvalue weighted by atomic mass is 10.2. The summed E-state index contributed by atoms with van der Waals surface area (Å²) in [6.45, 7) is 0.136. The number of pyridine rings is 1. The number of fused-ring (bicyclic) bond motifs is 2. The first-order chi connectivity index (χ1) is 14.8. The Labute approximate surface area is 182 Å². The van der Waals surface area contributed by atoms with Crippen LogP contribution in [0.5, 0.6) is 0 Å². The molecule has 1 amide bonds. The molecule has 0 aliphatic rings. The van der Waals surface area contributed by atoms with Gasteiger partial charge in [0, 0.05) is 31.5 Å². The predicted octanol–water partition coefficient (Wildman–Crippen LogP) is 1.13. The van der Waals surface area contributed by atoms with Crippen molar-refractivity contribution in [3.63, 3.8) is 0 Å². The summed E-state index contributed by atoms with van der Waals surface area (Å²) in [4.78, 5) is 57.8. The molecule has 31 heavy (non-hydrogen) atoms. The minimum Gasteiger partial charge on any atom is -0.325 e. The van der Waals surface area contributed by atoms with E-state index in [1.165, 1.54) is 41.8 Å². The number of hydrogen-bond donors (Lipinski definition) is 1. The van der Waals surface area contributed by atoms with Crippen molar-refractivity contribution in [3.8, 4) is 0 Å². The van der Waals surface area contributed by atoms with Gasteiger partial charge in [0.1, 0.15) is 5.65 Å². The first-order valence-corrected chi connectivity index (χ1v) is 10.1. The molecular formula is C20H17BrN6O4. The molecule has 0 fully saturated rings. The molecule has 0 radical (unpaired) electrons. The molecule has 4 rings (SSSR count). The summed E-state index contributed by atoms with van der Waals surface area (Å²) in [5, 5.41) is 3.34. The molecule has 0 atom stereocenters. The van der Waals surface area contributed by atoms with E-state index in [1.54, 1.807) is 18.2 Å². The second kappa shape index (κ2) is 7.91. The van der Waals surface area contributed by atoms with Gasteiger partial charge in [-0.15, -0.1) is 0 Å². The maximum Gasteiger partial charge on any atom is 0.332 e. The summed E-state index contributed by atoms with van der Waals surface area (Å²) in [6.07, 6.45) is 2.80. The molecule has 3 aromatic heterocycles. The highest BCUT2D eigenvalue weighted by atomic mass is 79.9. The van der Waals surface area contributed by atoms with Gasteiger partial charge in [-0.25, -0.2) is 14.8 Å². The van der Waals surface area contributed by atoms with Crippen LogP contribution in [0.1, 0.15) is 6.42 Å². The van der Waals surface area contributed by atoms with E-state index >= 15 is 0 Å². The van der Waals surface area contributed by atoms with Crippen molar-refractivity contribution in [2.45, 2.75) is 13.0 Å². The van der Waals surface area contributed by atoms with Crippen LogP contribution in [0.3, 0.4) is 0 Å². The van der Waals surface area contributed by atoms with Crippen molar-refractivity contribution in [1.29, 1.82) is 0 Å². The number of rotatable bonds is 4. The van der Waals surface area contributed by atoms with Gasteiger partial charge in [0.2, 0.25) is 5.91 Å². The maximum absolute atomic E-state index is 12.6. The van der Waals surface area contributed by atoms with Crippen LogP contribution >= 0.6 is 15.9 Å². The minimum atomic E-state index is -0.498. The molecule has 0 aliphatic heterocycles. The highest BCUT2D eigenvalue weighted by Crippen LogP contribution is 2.15. The zero-order chi connectivity index (χ0) is 22.3. The fourth-order valence-electron chi connectivity index (χ4n) is 3.27. The maximum atomic E-state index is 12.6. The Hall–Kier alpha value is -3.60. The number of aromatic nitrogens is 5. The summed E-state index contributed by atoms with van der Waals surface area (Å²) in [5.74, 6) is -0.357. The van der Waals surface area contributed by atoms with Gasteiger partial charge >= 0.3 is 5.69 Å². The number of carbonyl (C=O) groups excluding carboxylic acids is 1. The molecule has 1 N–H and O–H groups in total. The third-order valence-corrected chi connectivity index (χ3v) is 5.44. The molecule has 10 nitrogen and oxygen atoms in total. The molecule has 0 aliphatic carbocycles. The Morgan fingerprint density at radius 1 is 1.03 bits per heavy atom. The highest BCUT2D eigenvalue weighted by molar-refractivity contribution is 9.10.